The van der Waals surface area contributed by atoms with Gasteiger partial charge in [0.25, 0.3) is 0 Å². The van der Waals surface area contributed by atoms with E-state index in [1.807, 2.05) is 0 Å². The van der Waals surface area contributed by atoms with E-state index in [2.05, 4.69) is 37.9 Å². The highest BCUT2D eigenvalue weighted by Crippen LogP contribution is 2.23. The van der Waals surface area contributed by atoms with Crippen molar-refractivity contribution >= 4 is 0 Å². The van der Waals surface area contributed by atoms with Gasteiger partial charge in [0, 0.05) is 25.8 Å². The largest absolute Gasteiger partial charge is 0.381 e. The van der Waals surface area contributed by atoms with Gasteiger partial charge in [-0.2, -0.15) is 0 Å². The van der Waals surface area contributed by atoms with Crippen LogP contribution in [0.5, 0.6) is 0 Å². The third kappa shape index (κ3) is 10.3. The Morgan fingerprint density at radius 3 is 2.33 bits per heavy atom. The molecule has 0 saturated carbocycles. The van der Waals surface area contributed by atoms with Crippen molar-refractivity contribution in [2.75, 3.05) is 39.4 Å². The first-order valence-corrected chi connectivity index (χ1v) is 9.11. The first kappa shape index (κ1) is 18.9. The van der Waals surface area contributed by atoms with Gasteiger partial charge in [-0.1, -0.05) is 27.7 Å². The van der Waals surface area contributed by atoms with Crippen LogP contribution in [0.4, 0.5) is 0 Å². The van der Waals surface area contributed by atoms with E-state index in [0.29, 0.717) is 6.04 Å². The van der Waals surface area contributed by atoms with Crippen LogP contribution in [0, 0.1) is 11.8 Å². The Balaban J connectivity index is 1.88. The fourth-order valence-corrected chi connectivity index (χ4v) is 3.17. The number of nitrogens with one attached hydrogen (secondary N) is 1. The summed E-state index contributed by atoms with van der Waals surface area (Å²) in [5, 5.41) is 3.42. The molecule has 3 heteroatoms. The smallest absolute Gasteiger partial charge is 0.0478 e. The molecule has 0 bridgehead atoms. The molecule has 0 radical (unpaired) electrons. The Morgan fingerprint density at radius 1 is 1.05 bits per heavy atom. The van der Waals surface area contributed by atoms with Crippen LogP contribution >= 0.6 is 0 Å². The molecule has 126 valence electrons. The molecule has 3 nitrogen and oxygen atoms in total. The molecule has 1 aliphatic rings. The summed E-state index contributed by atoms with van der Waals surface area (Å²) in [5.74, 6) is 1.84. The zero-order valence-electron chi connectivity index (χ0n) is 14.9. The first-order valence-electron chi connectivity index (χ1n) is 9.11. The average molecular weight is 299 g/mol. The fraction of sp³-hybridized carbons (Fsp3) is 1.00. The van der Waals surface area contributed by atoms with Gasteiger partial charge >= 0.3 is 0 Å². The van der Waals surface area contributed by atoms with Crippen LogP contribution in [-0.4, -0.2) is 50.3 Å². The number of nitrogens with zero attached hydrogens (tertiary/aromatic N) is 1. The van der Waals surface area contributed by atoms with E-state index in [1.54, 1.807) is 0 Å². The lowest BCUT2D eigenvalue weighted by molar-refractivity contribution is 0.108. The van der Waals surface area contributed by atoms with Gasteiger partial charge in [-0.3, -0.25) is 0 Å². The molecular weight excluding hydrogens is 260 g/mol. The molecule has 0 aliphatic carbocycles. The monoisotopic (exact) mass is 298 g/mol. The summed E-state index contributed by atoms with van der Waals surface area (Å²) < 4.78 is 5.71. The Bertz CT molecular complexity index is 235. The second-order valence-electron chi connectivity index (χ2n) is 7.34. The lowest BCUT2D eigenvalue weighted by Gasteiger charge is -2.32. The Morgan fingerprint density at radius 2 is 1.71 bits per heavy atom. The number of hydrogen-bond acceptors (Lipinski definition) is 3. The maximum absolute atomic E-state index is 5.71. The molecule has 1 rings (SSSR count). The second kappa shape index (κ2) is 11.4. The van der Waals surface area contributed by atoms with Gasteiger partial charge < -0.3 is 15.0 Å². The summed E-state index contributed by atoms with van der Waals surface area (Å²) in [4.78, 5) is 2.63. The molecule has 1 heterocycles. The molecule has 0 aromatic heterocycles. The van der Waals surface area contributed by atoms with Crippen LogP contribution in [0.3, 0.4) is 0 Å². The van der Waals surface area contributed by atoms with Gasteiger partial charge in [0.15, 0.2) is 0 Å². The molecule has 1 fully saturated rings. The van der Waals surface area contributed by atoms with Gasteiger partial charge in [-0.05, 0) is 63.6 Å². The van der Waals surface area contributed by atoms with Crippen molar-refractivity contribution in [2.24, 2.45) is 11.8 Å². The van der Waals surface area contributed by atoms with Crippen molar-refractivity contribution in [1.82, 2.24) is 10.2 Å². The lowest BCUT2D eigenvalue weighted by atomic mass is 9.88. The topological polar surface area (TPSA) is 24.5 Å². The standard InChI is InChI=1S/C18H38N2O/c1-16(2)15-18-7-11-20(12-8-18)10-6-14-21-13-5-9-19-17(3)4/h16-19H,5-15H2,1-4H3. The van der Waals surface area contributed by atoms with E-state index < -0.39 is 0 Å². The van der Waals surface area contributed by atoms with Crippen LogP contribution in [0.1, 0.15) is 59.8 Å². The molecule has 21 heavy (non-hydrogen) atoms. The third-order valence-corrected chi connectivity index (χ3v) is 4.29. The molecule has 0 spiro atoms. The minimum Gasteiger partial charge on any atom is -0.381 e. The van der Waals surface area contributed by atoms with E-state index in [4.69, 9.17) is 4.74 Å². The van der Waals surface area contributed by atoms with Gasteiger partial charge in [0.1, 0.15) is 0 Å². The predicted molar refractivity (Wildman–Crippen MR) is 91.8 cm³/mol. The first-order chi connectivity index (χ1) is 10.1. The van der Waals surface area contributed by atoms with Crippen molar-refractivity contribution in [2.45, 2.75) is 65.8 Å². The van der Waals surface area contributed by atoms with Gasteiger partial charge in [0.2, 0.25) is 0 Å². The van der Waals surface area contributed by atoms with E-state index in [9.17, 15) is 0 Å². The van der Waals surface area contributed by atoms with Crippen LogP contribution in [-0.2, 0) is 4.74 Å². The van der Waals surface area contributed by atoms with E-state index in [1.165, 1.54) is 45.3 Å². The van der Waals surface area contributed by atoms with Crippen LogP contribution in [0.2, 0.25) is 0 Å². The minimum atomic E-state index is 0.587. The number of piperidine rings is 1. The SMILES string of the molecule is CC(C)CC1CCN(CCCOCCCNC(C)C)CC1. The second-order valence-corrected chi connectivity index (χ2v) is 7.34. The predicted octanol–water partition coefficient (Wildman–Crippen LogP) is 3.54. The van der Waals surface area contributed by atoms with Crippen molar-refractivity contribution in [1.29, 1.82) is 0 Å². The molecule has 0 aromatic carbocycles. The summed E-state index contributed by atoms with van der Waals surface area (Å²) in [6.45, 7) is 15.8. The summed E-state index contributed by atoms with van der Waals surface area (Å²) >= 11 is 0. The van der Waals surface area contributed by atoms with Gasteiger partial charge in [0.05, 0.1) is 0 Å². The molecular formula is C18H38N2O. The van der Waals surface area contributed by atoms with Crippen molar-refractivity contribution < 1.29 is 4.74 Å². The van der Waals surface area contributed by atoms with Crippen molar-refractivity contribution in [3.63, 3.8) is 0 Å². The number of likely N-dealkylation sites (tertiary alicyclic amines) is 1. The maximum atomic E-state index is 5.71. The van der Waals surface area contributed by atoms with Gasteiger partial charge in [-0.15, -0.1) is 0 Å². The van der Waals surface area contributed by atoms with E-state index >= 15 is 0 Å². The Kier molecular flexibility index (Phi) is 10.3. The quantitative estimate of drug-likeness (QED) is 0.591. The highest BCUT2D eigenvalue weighted by molar-refractivity contribution is 4.73. The molecule has 1 aliphatic heterocycles. The maximum Gasteiger partial charge on any atom is 0.0478 e. The summed E-state index contributed by atoms with van der Waals surface area (Å²) in [5.41, 5.74) is 0. The Hall–Kier alpha value is -0.120. The molecule has 1 saturated heterocycles. The fourth-order valence-electron chi connectivity index (χ4n) is 3.17. The summed E-state index contributed by atoms with van der Waals surface area (Å²) in [6, 6.07) is 0.587. The van der Waals surface area contributed by atoms with E-state index in [0.717, 1.165) is 38.0 Å². The normalized spacial score (nSPS) is 18.0. The lowest BCUT2D eigenvalue weighted by Crippen LogP contribution is -2.35. The van der Waals surface area contributed by atoms with Crippen molar-refractivity contribution in [3.8, 4) is 0 Å². The minimum absolute atomic E-state index is 0.587. The summed E-state index contributed by atoms with van der Waals surface area (Å²) in [6.07, 6.45) is 6.53. The van der Waals surface area contributed by atoms with Crippen molar-refractivity contribution in [3.05, 3.63) is 0 Å². The molecule has 0 atom stereocenters. The van der Waals surface area contributed by atoms with Crippen LogP contribution in [0.15, 0.2) is 0 Å². The number of hydrogen-bond donors (Lipinski definition) is 1. The zero-order chi connectivity index (χ0) is 15.5. The van der Waals surface area contributed by atoms with Gasteiger partial charge in [-0.25, -0.2) is 0 Å². The molecule has 0 aromatic rings. The zero-order valence-corrected chi connectivity index (χ0v) is 14.9. The summed E-state index contributed by atoms with van der Waals surface area (Å²) in [7, 11) is 0. The van der Waals surface area contributed by atoms with E-state index in [-0.39, 0.29) is 0 Å². The number of ether oxygens (including phenoxy) is 1. The highest BCUT2D eigenvalue weighted by atomic mass is 16.5. The average Bonchev–Trinajstić information content (AvgIpc) is 2.42. The van der Waals surface area contributed by atoms with Crippen LogP contribution in [0.25, 0.3) is 0 Å². The molecule has 0 unspecified atom stereocenters. The van der Waals surface area contributed by atoms with Crippen LogP contribution < -0.4 is 5.32 Å². The third-order valence-electron chi connectivity index (χ3n) is 4.29. The highest BCUT2D eigenvalue weighted by Gasteiger charge is 2.19. The molecule has 0 amide bonds. The molecule has 1 N–H and O–H groups in total. The Labute approximate surface area is 132 Å². The number of rotatable bonds is 11.